The van der Waals surface area contributed by atoms with Gasteiger partial charge in [-0.05, 0) is 25.0 Å². The van der Waals surface area contributed by atoms with E-state index in [4.69, 9.17) is 5.11 Å². The molecule has 1 aliphatic carbocycles. The van der Waals surface area contributed by atoms with Crippen LogP contribution in [0.1, 0.15) is 12.8 Å². The fraction of sp³-hybridized carbons (Fsp3) is 0.357. The van der Waals surface area contributed by atoms with Gasteiger partial charge in [-0.3, -0.25) is 10.3 Å². The van der Waals surface area contributed by atoms with Crippen molar-refractivity contribution in [2.45, 2.75) is 18.9 Å². The van der Waals surface area contributed by atoms with Crippen molar-refractivity contribution < 1.29 is 9.90 Å². The van der Waals surface area contributed by atoms with Gasteiger partial charge in [0.15, 0.2) is 5.13 Å². The molecule has 2 aromatic rings. The van der Waals surface area contributed by atoms with Crippen molar-refractivity contribution in [2.75, 3.05) is 18.5 Å². The van der Waals surface area contributed by atoms with Gasteiger partial charge < -0.3 is 10.0 Å². The van der Waals surface area contributed by atoms with Gasteiger partial charge >= 0.3 is 6.03 Å². The zero-order valence-electron chi connectivity index (χ0n) is 11.4. The maximum Gasteiger partial charge on any atom is 0.323 e. The molecule has 2 aromatic heterocycles. The Labute approximate surface area is 126 Å². The molecule has 0 aliphatic heterocycles. The van der Waals surface area contributed by atoms with Crippen LogP contribution in [0.4, 0.5) is 9.93 Å². The zero-order chi connectivity index (χ0) is 14.7. The minimum absolute atomic E-state index is 0.0251. The van der Waals surface area contributed by atoms with E-state index in [-0.39, 0.29) is 18.7 Å². The lowest BCUT2D eigenvalue weighted by molar-refractivity contribution is 0.185. The standard InChI is InChI=1S/C14H16N4O2S/c19-7-6-18(11-3-4-11)14(20)17-13-16-12(9-21-13)10-2-1-5-15-8-10/h1-2,5,8-9,11,19H,3-4,6-7H2,(H,16,17,20). The molecule has 0 radical (unpaired) electrons. The molecule has 0 saturated heterocycles. The molecule has 0 unspecified atom stereocenters. The van der Waals surface area contributed by atoms with Crippen molar-refractivity contribution in [2.24, 2.45) is 0 Å². The quantitative estimate of drug-likeness (QED) is 0.887. The van der Waals surface area contributed by atoms with Crippen molar-refractivity contribution in [3.63, 3.8) is 0 Å². The Kier molecular flexibility index (Phi) is 4.12. The lowest BCUT2D eigenvalue weighted by Gasteiger charge is -2.20. The third-order valence-corrected chi connectivity index (χ3v) is 4.02. The molecule has 7 heteroatoms. The number of rotatable bonds is 5. The minimum Gasteiger partial charge on any atom is -0.395 e. The third-order valence-electron chi connectivity index (χ3n) is 3.26. The molecule has 3 rings (SSSR count). The third kappa shape index (κ3) is 3.37. The van der Waals surface area contributed by atoms with E-state index in [9.17, 15) is 4.79 Å². The molecule has 2 N–H and O–H groups in total. The van der Waals surface area contributed by atoms with Gasteiger partial charge in [0.05, 0.1) is 12.3 Å². The van der Waals surface area contributed by atoms with Crippen LogP contribution in [-0.2, 0) is 0 Å². The van der Waals surface area contributed by atoms with Gasteiger partial charge in [-0.1, -0.05) is 0 Å². The zero-order valence-corrected chi connectivity index (χ0v) is 12.2. The highest BCUT2D eigenvalue weighted by atomic mass is 32.1. The number of hydrogen-bond donors (Lipinski definition) is 2. The van der Waals surface area contributed by atoms with Gasteiger partial charge in [0.2, 0.25) is 0 Å². The number of carbonyl (C=O) groups is 1. The summed E-state index contributed by atoms with van der Waals surface area (Å²) in [4.78, 5) is 22.3. The van der Waals surface area contributed by atoms with E-state index in [1.54, 1.807) is 17.3 Å². The van der Waals surface area contributed by atoms with Crippen LogP contribution >= 0.6 is 11.3 Å². The first-order chi connectivity index (χ1) is 10.3. The highest BCUT2D eigenvalue weighted by Crippen LogP contribution is 2.28. The predicted octanol–water partition coefficient (Wildman–Crippen LogP) is 2.19. The summed E-state index contributed by atoms with van der Waals surface area (Å²) >= 11 is 1.38. The average Bonchev–Trinajstić information content (AvgIpc) is 3.24. The fourth-order valence-corrected chi connectivity index (χ4v) is 2.79. The SMILES string of the molecule is O=C(Nc1nc(-c2cccnc2)cs1)N(CCO)C1CC1. The first-order valence-electron chi connectivity index (χ1n) is 6.82. The summed E-state index contributed by atoms with van der Waals surface area (Å²) in [5.74, 6) is 0. The molecule has 0 spiro atoms. The summed E-state index contributed by atoms with van der Waals surface area (Å²) in [6.07, 6.45) is 5.46. The monoisotopic (exact) mass is 304 g/mol. The van der Waals surface area contributed by atoms with Crippen molar-refractivity contribution in [1.29, 1.82) is 0 Å². The normalized spacial score (nSPS) is 14.0. The number of pyridine rings is 1. The number of aromatic nitrogens is 2. The van der Waals surface area contributed by atoms with Crippen LogP contribution < -0.4 is 5.32 Å². The molecule has 1 saturated carbocycles. The molecule has 0 bridgehead atoms. The highest BCUT2D eigenvalue weighted by Gasteiger charge is 2.32. The summed E-state index contributed by atoms with van der Waals surface area (Å²) in [5.41, 5.74) is 1.71. The summed E-state index contributed by atoms with van der Waals surface area (Å²) in [7, 11) is 0. The number of nitrogens with zero attached hydrogens (tertiary/aromatic N) is 3. The van der Waals surface area contributed by atoms with E-state index in [1.807, 2.05) is 17.5 Å². The second-order valence-corrected chi connectivity index (χ2v) is 5.72. The van der Waals surface area contributed by atoms with Gasteiger partial charge in [-0.25, -0.2) is 9.78 Å². The molecule has 2 amide bonds. The van der Waals surface area contributed by atoms with Gasteiger partial charge in [0, 0.05) is 35.9 Å². The fourth-order valence-electron chi connectivity index (χ4n) is 2.09. The number of carbonyl (C=O) groups excluding carboxylic acids is 1. The number of urea groups is 1. The summed E-state index contributed by atoms with van der Waals surface area (Å²) < 4.78 is 0. The molecule has 0 atom stereocenters. The van der Waals surface area contributed by atoms with Gasteiger partial charge in [0.25, 0.3) is 0 Å². The van der Waals surface area contributed by atoms with Crippen LogP contribution in [0.2, 0.25) is 0 Å². The molecular formula is C14H16N4O2S. The van der Waals surface area contributed by atoms with E-state index in [0.29, 0.717) is 11.7 Å². The molecular weight excluding hydrogens is 288 g/mol. The van der Waals surface area contributed by atoms with Crippen LogP contribution in [0.3, 0.4) is 0 Å². The van der Waals surface area contributed by atoms with Crippen LogP contribution in [0.5, 0.6) is 0 Å². The van der Waals surface area contributed by atoms with Crippen LogP contribution in [-0.4, -0.2) is 45.2 Å². The minimum atomic E-state index is -0.196. The van der Waals surface area contributed by atoms with E-state index in [0.717, 1.165) is 24.1 Å². The van der Waals surface area contributed by atoms with Crippen molar-refractivity contribution in [3.8, 4) is 11.3 Å². The second-order valence-electron chi connectivity index (χ2n) is 4.86. The number of amides is 2. The maximum absolute atomic E-state index is 12.2. The predicted molar refractivity (Wildman–Crippen MR) is 81.2 cm³/mol. The molecule has 1 aliphatic rings. The number of aliphatic hydroxyl groups is 1. The van der Waals surface area contributed by atoms with Gasteiger partial charge in [-0.15, -0.1) is 11.3 Å². The topological polar surface area (TPSA) is 78.4 Å². The van der Waals surface area contributed by atoms with Crippen molar-refractivity contribution in [3.05, 3.63) is 29.9 Å². The number of thiazole rings is 1. The molecule has 1 fully saturated rings. The van der Waals surface area contributed by atoms with Crippen LogP contribution in [0.25, 0.3) is 11.3 Å². The molecule has 6 nitrogen and oxygen atoms in total. The Hall–Kier alpha value is -1.99. The number of anilines is 1. The first-order valence-corrected chi connectivity index (χ1v) is 7.70. The Balaban J connectivity index is 1.68. The number of aliphatic hydroxyl groups excluding tert-OH is 1. The average molecular weight is 304 g/mol. The van der Waals surface area contributed by atoms with Crippen molar-refractivity contribution >= 4 is 22.5 Å². The van der Waals surface area contributed by atoms with Gasteiger partial charge in [-0.2, -0.15) is 0 Å². The summed E-state index contributed by atoms with van der Waals surface area (Å²) in [6.45, 7) is 0.333. The Morgan fingerprint density at radius 1 is 1.52 bits per heavy atom. The summed E-state index contributed by atoms with van der Waals surface area (Å²) in [5, 5.41) is 14.3. The lowest BCUT2D eigenvalue weighted by Crippen LogP contribution is -2.38. The Morgan fingerprint density at radius 2 is 2.38 bits per heavy atom. The summed E-state index contributed by atoms with van der Waals surface area (Å²) in [6, 6.07) is 3.84. The van der Waals surface area contributed by atoms with E-state index < -0.39 is 0 Å². The van der Waals surface area contributed by atoms with Crippen molar-refractivity contribution in [1.82, 2.24) is 14.9 Å². The van der Waals surface area contributed by atoms with Crippen LogP contribution in [0, 0.1) is 0 Å². The highest BCUT2D eigenvalue weighted by molar-refractivity contribution is 7.14. The Bertz CT molecular complexity index is 612. The molecule has 0 aromatic carbocycles. The lowest BCUT2D eigenvalue weighted by atomic mass is 10.2. The first kappa shape index (κ1) is 14.0. The molecule has 2 heterocycles. The largest absolute Gasteiger partial charge is 0.395 e. The number of hydrogen-bond acceptors (Lipinski definition) is 5. The molecule has 110 valence electrons. The maximum atomic E-state index is 12.2. The smallest absolute Gasteiger partial charge is 0.323 e. The van der Waals surface area contributed by atoms with E-state index in [2.05, 4.69) is 15.3 Å². The number of nitrogens with one attached hydrogen (secondary N) is 1. The van der Waals surface area contributed by atoms with E-state index >= 15 is 0 Å². The Morgan fingerprint density at radius 3 is 3.05 bits per heavy atom. The van der Waals surface area contributed by atoms with Crippen LogP contribution in [0.15, 0.2) is 29.9 Å². The molecule has 21 heavy (non-hydrogen) atoms. The second kappa shape index (κ2) is 6.19. The van der Waals surface area contributed by atoms with E-state index in [1.165, 1.54) is 11.3 Å². The van der Waals surface area contributed by atoms with Gasteiger partial charge in [0.1, 0.15) is 0 Å².